The first-order valence-corrected chi connectivity index (χ1v) is 20.2. The minimum absolute atomic E-state index is 0.248. The number of hydrogen-bond acceptors (Lipinski definition) is 2. The van der Waals surface area contributed by atoms with Gasteiger partial charge in [-0.1, -0.05) is 151 Å². The van der Waals surface area contributed by atoms with Gasteiger partial charge in [0, 0.05) is 16.3 Å². The molecule has 0 saturated heterocycles. The Bertz CT molecular complexity index is 3490. The van der Waals surface area contributed by atoms with Crippen molar-refractivity contribution in [1.29, 1.82) is 0 Å². The number of nitrogens with zero attached hydrogens (tertiary/aromatic N) is 2. The summed E-state index contributed by atoms with van der Waals surface area (Å²) in [6.45, 7) is 0. The minimum atomic E-state index is -1.97. The summed E-state index contributed by atoms with van der Waals surface area (Å²) in [7, 11) is 31.8. The average molecular weight is 766 g/mol. The Morgan fingerprint density at radius 2 is 0.967 bits per heavy atom. The first-order chi connectivity index (χ1) is 29.7. The molecule has 274 valence electrons. The Morgan fingerprint density at radius 1 is 0.410 bits per heavy atom. The molecule has 0 fully saturated rings. The van der Waals surface area contributed by atoms with Crippen LogP contribution in [0.1, 0.15) is 5.82 Å². The first-order valence-electron chi connectivity index (χ1n) is 20.2. The van der Waals surface area contributed by atoms with Gasteiger partial charge in [0.05, 0.1) is 56.0 Å². The van der Waals surface area contributed by atoms with Crippen LogP contribution in [0.5, 0.6) is 0 Å². The summed E-state index contributed by atoms with van der Waals surface area (Å²) in [4.78, 5) is 4.82. The zero-order chi connectivity index (χ0) is 41.5. The fourth-order valence-corrected chi connectivity index (χ4v) is 8.96. The van der Waals surface area contributed by atoms with Crippen molar-refractivity contribution in [1.82, 2.24) is 9.55 Å². The van der Waals surface area contributed by atoms with Gasteiger partial charge < -0.3 is 4.42 Å². The zero-order valence-electron chi connectivity index (χ0n) is 33.1. The van der Waals surface area contributed by atoms with Crippen LogP contribution >= 0.6 is 0 Å². The molecule has 10 radical (unpaired) electrons. The third-order valence-corrected chi connectivity index (χ3v) is 12.1. The monoisotopic (exact) mass is 766 g/mol. The molecule has 0 saturated carbocycles. The summed E-state index contributed by atoms with van der Waals surface area (Å²) in [5.41, 5.74) is 12.8. The molecule has 2 heterocycles. The van der Waals surface area contributed by atoms with Crippen molar-refractivity contribution in [2.75, 3.05) is 0 Å². The Hall–Kier alpha value is -6.91. The highest BCUT2D eigenvalue weighted by Gasteiger charge is 2.37. The zero-order valence-corrected chi connectivity index (χ0v) is 33.1. The maximum absolute atomic E-state index is 6.63. The van der Waals surface area contributed by atoms with Crippen LogP contribution in [0.25, 0.3) is 105 Å². The molecule has 11 rings (SSSR count). The van der Waals surface area contributed by atoms with E-state index in [0.29, 0.717) is 5.52 Å². The lowest BCUT2D eigenvalue weighted by Crippen LogP contribution is -2.45. The lowest BCUT2D eigenvalue weighted by atomic mass is 9.23. The molecule has 2 aromatic heterocycles. The van der Waals surface area contributed by atoms with Crippen LogP contribution in [0, 0.1) is 0 Å². The van der Waals surface area contributed by atoms with Crippen LogP contribution in [0.4, 0.5) is 0 Å². The predicted molar refractivity (Wildman–Crippen MR) is 258 cm³/mol. The maximum atomic E-state index is 6.63. The van der Waals surface area contributed by atoms with E-state index in [1.807, 2.05) is 59.2 Å². The molecular weight excluding hydrogens is 735 g/mol. The van der Waals surface area contributed by atoms with E-state index in [1.54, 1.807) is 0 Å². The highest BCUT2D eigenvalue weighted by atomic mass is 16.3. The Morgan fingerprint density at radius 3 is 1.74 bits per heavy atom. The molecule has 0 spiro atoms. The molecule has 0 unspecified atom stereocenters. The summed E-state index contributed by atoms with van der Waals surface area (Å²) in [5.74, 6) is 0.248. The van der Waals surface area contributed by atoms with Gasteiger partial charge >= 0.3 is 0 Å². The highest BCUT2D eigenvalue weighted by molar-refractivity contribution is 6.67. The van der Waals surface area contributed by atoms with E-state index in [4.69, 9.17) is 48.6 Å². The van der Waals surface area contributed by atoms with Gasteiger partial charge in [-0.05, 0) is 103 Å². The van der Waals surface area contributed by atoms with Crippen molar-refractivity contribution in [3.8, 4) is 50.2 Å². The van der Waals surface area contributed by atoms with Crippen LogP contribution in [0.2, 0.25) is 5.11 Å². The fraction of sp³-hybridized carbons (Fsp3) is 0.0377. The van der Waals surface area contributed by atoms with Gasteiger partial charge in [-0.25, -0.2) is 4.98 Å². The summed E-state index contributed by atoms with van der Waals surface area (Å²) in [6.07, 6.45) is 0. The lowest BCUT2D eigenvalue weighted by molar-refractivity contribution is 0.669. The predicted octanol–water partition coefficient (Wildman–Crippen LogP) is 12.0. The van der Waals surface area contributed by atoms with Gasteiger partial charge in [0.2, 0.25) is 0 Å². The molecule has 0 amide bonds. The summed E-state index contributed by atoms with van der Waals surface area (Å²) in [5, 5.41) is 3.00. The summed E-state index contributed by atoms with van der Waals surface area (Å²) in [6, 6.07) is 65.5. The molecule has 3 nitrogen and oxygen atoms in total. The minimum Gasteiger partial charge on any atom is -0.456 e. The number of para-hydroxylation sites is 4. The number of hydrogen-bond donors (Lipinski definition) is 0. The number of fused-ring (bicyclic) bond motifs is 6. The van der Waals surface area contributed by atoms with E-state index in [9.17, 15) is 0 Å². The number of benzene rings is 9. The van der Waals surface area contributed by atoms with Gasteiger partial charge in [-0.2, -0.15) is 0 Å². The summed E-state index contributed by atoms with van der Waals surface area (Å²) >= 11 is 0. The van der Waals surface area contributed by atoms with E-state index in [1.165, 1.54) is 16.3 Å². The summed E-state index contributed by atoms with van der Waals surface area (Å²) < 4.78 is 8.17. The van der Waals surface area contributed by atoms with Gasteiger partial charge in [-0.15, -0.1) is 5.11 Å². The second-order valence-electron chi connectivity index (χ2n) is 15.9. The van der Waals surface area contributed by atoms with Crippen molar-refractivity contribution < 1.29 is 4.42 Å². The van der Waals surface area contributed by atoms with Crippen molar-refractivity contribution in [3.63, 3.8) is 0 Å². The second-order valence-corrected chi connectivity index (χ2v) is 15.9. The van der Waals surface area contributed by atoms with E-state index in [-0.39, 0.29) is 5.82 Å². The number of furan rings is 1. The van der Waals surface area contributed by atoms with E-state index >= 15 is 0 Å². The largest absolute Gasteiger partial charge is 0.456 e. The molecule has 0 N–H and O–H groups in total. The van der Waals surface area contributed by atoms with Crippen molar-refractivity contribution >= 4 is 93.7 Å². The molecule has 8 heteroatoms. The third kappa shape index (κ3) is 5.99. The van der Waals surface area contributed by atoms with E-state index < -0.39 is 10.3 Å². The Balaban J connectivity index is 1.11. The van der Waals surface area contributed by atoms with Gasteiger partial charge in [0.15, 0.2) is 0 Å². The number of rotatable bonds is 7. The van der Waals surface area contributed by atoms with Crippen LogP contribution in [0.15, 0.2) is 192 Å². The number of aromatic nitrogens is 2. The molecule has 0 aliphatic carbocycles. The Labute approximate surface area is 360 Å². The van der Waals surface area contributed by atoms with Crippen LogP contribution < -0.4 is 0 Å². The topological polar surface area (TPSA) is 31.0 Å². The second kappa shape index (κ2) is 14.1. The molecule has 11 aromatic rings. The Kier molecular flexibility index (Phi) is 8.58. The van der Waals surface area contributed by atoms with Crippen molar-refractivity contribution in [3.05, 3.63) is 194 Å². The standard InChI is InChI=1S/C53H31B5N2O/c54-52(55,53(56,57)58)51-59-44-18-8-10-20-46(44)60(51)45-19-9-6-14-37(45)33-22-24-34(25-23-33)49-39-16-4-5-17-40(39)50(43-30-35(26-28-41(43)49)32-12-2-1-3-13-32)36-27-29-48-42(31-36)38-15-7-11-21-47(38)61-48/h1-31H. The van der Waals surface area contributed by atoms with Crippen LogP contribution in [-0.2, 0) is 5.21 Å². The molecule has 0 aliphatic heterocycles. The SMILES string of the molecule is [B]C([B])([B])C([B])([B])c1nc2ccccc2n1-c1ccccc1-c1ccc(-c2c3ccccc3c(-c3ccc4oc5ccccc5c4c3)c3cc(-c4ccccc4)ccc23)cc1. The van der Waals surface area contributed by atoms with E-state index in [0.717, 1.165) is 82.9 Å². The quantitative estimate of drug-likeness (QED) is 0.119. The van der Waals surface area contributed by atoms with Crippen LogP contribution in [0.3, 0.4) is 0 Å². The van der Waals surface area contributed by atoms with Gasteiger partial charge in [-0.3, -0.25) is 4.57 Å². The third-order valence-electron chi connectivity index (χ3n) is 12.1. The highest BCUT2D eigenvalue weighted by Crippen LogP contribution is 2.47. The lowest BCUT2D eigenvalue weighted by Gasteiger charge is -2.41. The van der Waals surface area contributed by atoms with Crippen molar-refractivity contribution in [2.45, 2.75) is 10.3 Å². The van der Waals surface area contributed by atoms with Gasteiger partial charge in [0.1, 0.15) is 17.0 Å². The molecule has 0 aliphatic rings. The fourth-order valence-electron chi connectivity index (χ4n) is 8.96. The van der Waals surface area contributed by atoms with Crippen LogP contribution in [-0.4, -0.2) is 48.8 Å². The molecule has 0 atom stereocenters. The molecule has 9 aromatic carbocycles. The average Bonchev–Trinajstić information content (AvgIpc) is 3.87. The van der Waals surface area contributed by atoms with E-state index in [2.05, 4.69) is 133 Å². The molecule has 61 heavy (non-hydrogen) atoms. The normalized spacial score (nSPS) is 12.3. The molecular formula is C53H31B5N2O. The first kappa shape index (κ1) is 37.1. The maximum Gasteiger partial charge on any atom is 0.135 e. The number of imidazole rings is 1. The van der Waals surface area contributed by atoms with Gasteiger partial charge in [0.25, 0.3) is 0 Å². The molecule has 0 bridgehead atoms. The smallest absolute Gasteiger partial charge is 0.135 e. The van der Waals surface area contributed by atoms with Crippen molar-refractivity contribution in [2.24, 2.45) is 0 Å².